The summed E-state index contributed by atoms with van der Waals surface area (Å²) in [5.74, 6) is -0.954. The van der Waals surface area contributed by atoms with Crippen molar-refractivity contribution in [3.05, 3.63) is 24.8 Å². The molecule has 0 atom stereocenters. The molecule has 1 heterocycles. The van der Waals surface area contributed by atoms with Gasteiger partial charge in [0.2, 0.25) is 0 Å². The summed E-state index contributed by atoms with van der Waals surface area (Å²) in [5, 5.41) is 12.0. The average Bonchev–Trinajstić information content (AvgIpc) is 2.39. The first-order chi connectivity index (χ1) is 5.29. The second-order valence-electron chi connectivity index (χ2n) is 1.86. The quantitative estimate of drug-likeness (QED) is 0.697. The molecule has 0 amide bonds. The van der Waals surface area contributed by atoms with E-state index in [4.69, 9.17) is 5.11 Å². The van der Waals surface area contributed by atoms with Gasteiger partial charge in [0.15, 0.2) is 0 Å². The van der Waals surface area contributed by atoms with E-state index in [0.717, 1.165) is 6.08 Å². The summed E-state index contributed by atoms with van der Waals surface area (Å²) in [5.41, 5.74) is 0. The van der Waals surface area contributed by atoms with Crippen molar-refractivity contribution in [1.29, 1.82) is 0 Å². The Morgan fingerprint density at radius 3 is 2.92 bits per heavy atom. The largest absolute Gasteiger partial charge is 0.478 e. The van der Waals surface area contributed by atoms with Crippen LogP contribution in [0.4, 0.5) is 0 Å². The number of nitrogens with zero attached hydrogens (tertiary/aromatic N) is 3. The van der Waals surface area contributed by atoms with Gasteiger partial charge in [0, 0.05) is 6.08 Å². The molecule has 1 aromatic rings. The monoisotopic (exact) mass is 189 g/mol. The minimum Gasteiger partial charge on any atom is -0.478 e. The lowest BCUT2D eigenvalue weighted by Gasteiger charge is -1.89. The summed E-state index contributed by atoms with van der Waals surface area (Å²) in [6.45, 7) is 0.437. The molecule has 0 aromatic carbocycles. The smallest absolute Gasteiger partial charge is 0.328 e. The SMILES string of the molecule is Cl.O=C(O)C=CCn1cncn1. The van der Waals surface area contributed by atoms with Gasteiger partial charge < -0.3 is 5.11 Å². The maximum atomic E-state index is 10.00. The summed E-state index contributed by atoms with van der Waals surface area (Å²) in [4.78, 5) is 13.7. The highest BCUT2D eigenvalue weighted by molar-refractivity contribution is 5.85. The molecule has 0 saturated heterocycles. The van der Waals surface area contributed by atoms with Crippen LogP contribution in [-0.2, 0) is 11.3 Å². The van der Waals surface area contributed by atoms with Crippen LogP contribution in [0.5, 0.6) is 0 Å². The standard InChI is InChI=1S/C6H7N3O2.ClH/c10-6(11)2-1-3-9-5-7-4-8-9;/h1-2,4-5H,3H2,(H,10,11);1H. The Hall–Kier alpha value is -1.36. The third kappa shape index (κ3) is 3.72. The number of hydrogen-bond donors (Lipinski definition) is 1. The van der Waals surface area contributed by atoms with E-state index in [1.165, 1.54) is 23.4 Å². The van der Waals surface area contributed by atoms with Gasteiger partial charge in [-0.1, -0.05) is 6.08 Å². The molecule has 12 heavy (non-hydrogen) atoms. The number of carboxylic acids is 1. The maximum Gasteiger partial charge on any atom is 0.328 e. The highest BCUT2D eigenvalue weighted by Crippen LogP contribution is 1.81. The van der Waals surface area contributed by atoms with E-state index in [1.807, 2.05) is 0 Å². The Kier molecular flexibility index (Phi) is 4.71. The zero-order valence-electron chi connectivity index (χ0n) is 6.12. The number of carboxylic acid groups (broad SMARTS) is 1. The van der Waals surface area contributed by atoms with E-state index in [-0.39, 0.29) is 12.4 Å². The average molecular weight is 190 g/mol. The van der Waals surface area contributed by atoms with Crippen LogP contribution in [0, 0.1) is 0 Å². The zero-order valence-corrected chi connectivity index (χ0v) is 6.94. The molecule has 0 radical (unpaired) electrons. The molecule has 1 aromatic heterocycles. The van der Waals surface area contributed by atoms with Crippen molar-refractivity contribution in [3.63, 3.8) is 0 Å². The van der Waals surface area contributed by atoms with E-state index < -0.39 is 5.97 Å². The van der Waals surface area contributed by atoms with Crippen LogP contribution in [0.2, 0.25) is 0 Å². The molecule has 6 heteroatoms. The first kappa shape index (κ1) is 10.6. The predicted octanol–water partition coefficient (Wildman–Crippen LogP) is 0.341. The molecular weight excluding hydrogens is 182 g/mol. The lowest BCUT2D eigenvalue weighted by molar-refractivity contribution is -0.131. The van der Waals surface area contributed by atoms with Gasteiger partial charge in [-0.05, 0) is 0 Å². The van der Waals surface area contributed by atoms with Crippen LogP contribution in [0.3, 0.4) is 0 Å². The molecule has 5 nitrogen and oxygen atoms in total. The molecule has 0 bridgehead atoms. The van der Waals surface area contributed by atoms with Crippen molar-refractivity contribution >= 4 is 18.4 Å². The maximum absolute atomic E-state index is 10.00. The Morgan fingerprint density at radius 1 is 1.67 bits per heavy atom. The molecule has 0 aliphatic heterocycles. The fourth-order valence-electron chi connectivity index (χ4n) is 0.589. The number of hydrogen-bond acceptors (Lipinski definition) is 3. The minimum absolute atomic E-state index is 0. The van der Waals surface area contributed by atoms with Crippen LogP contribution >= 0.6 is 12.4 Å². The highest BCUT2D eigenvalue weighted by atomic mass is 35.5. The predicted molar refractivity (Wildman–Crippen MR) is 44.0 cm³/mol. The molecule has 0 unspecified atom stereocenters. The van der Waals surface area contributed by atoms with Crippen molar-refractivity contribution in [2.75, 3.05) is 0 Å². The van der Waals surface area contributed by atoms with Gasteiger partial charge in [-0.3, -0.25) is 0 Å². The molecule has 0 spiro atoms. The molecule has 0 aliphatic rings. The number of aliphatic carboxylic acids is 1. The van der Waals surface area contributed by atoms with Crippen molar-refractivity contribution in [2.45, 2.75) is 6.54 Å². The van der Waals surface area contributed by atoms with Crippen LogP contribution in [0.1, 0.15) is 0 Å². The summed E-state index contributed by atoms with van der Waals surface area (Å²) >= 11 is 0. The highest BCUT2D eigenvalue weighted by Gasteiger charge is 1.87. The topological polar surface area (TPSA) is 68.0 Å². The van der Waals surface area contributed by atoms with Gasteiger partial charge in [-0.25, -0.2) is 14.5 Å². The molecular formula is C6H8ClN3O2. The Labute approximate surface area is 75.1 Å². The van der Waals surface area contributed by atoms with Gasteiger partial charge in [-0.2, -0.15) is 5.10 Å². The first-order valence-corrected chi connectivity index (χ1v) is 3.01. The van der Waals surface area contributed by atoms with Crippen LogP contribution in [0.15, 0.2) is 24.8 Å². The minimum atomic E-state index is -0.954. The van der Waals surface area contributed by atoms with Gasteiger partial charge in [0.1, 0.15) is 12.7 Å². The van der Waals surface area contributed by atoms with Crippen molar-refractivity contribution in [3.8, 4) is 0 Å². The molecule has 1 rings (SSSR count). The number of carbonyl (C=O) groups is 1. The van der Waals surface area contributed by atoms with Crippen LogP contribution in [-0.4, -0.2) is 25.8 Å². The van der Waals surface area contributed by atoms with Crippen molar-refractivity contribution in [2.24, 2.45) is 0 Å². The fourth-order valence-corrected chi connectivity index (χ4v) is 0.589. The zero-order chi connectivity index (χ0) is 8.10. The van der Waals surface area contributed by atoms with Gasteiger partial charge >= 0.3 is 5.97 Å². The number of halogens is 1. The van der Waals surface area contributed by atoms with Crippen LogP contribution < -0.4 is 0 Å². The summed E-state index contributed by atoms with van der Waals surface area (Å²) in [7, 11) is 0. The molecule has 0 fully saturated rings. The van der Waals surface area contributed by atoms with E-state index in [0.29, 0.717) is 6.54 Å². The van der Waals surface area contributed by atoms with Gasteiger partial charge in [-0.15, -0.1) is 12.4 Å². The molecule has 0 aliphatic carbocycles. The van der Waals surface area contributed by atoms with Gasteiger partial charge in [0.05, 0.1) is 6.54 Å². The normalized spacial score (nSPS) is 9.67. The van der Waals surface area contributed by atoms with Crippen molar-refractivity contribution < 1.29 is 9.90 Å². The Morgan fingerprint density at radius 2 is 2.42 bits per heavy atom. The van der Waals surface area contributed by atoms with Crippen LogP contribution in [0.25, 0.3) is 0 Å². The fraction of sp³-hybridized carbons (Fsp3) is 0.167. The van der Waals surface area contributed by atoms with Gasteiger partial charge in [0.25, 0.3) is 0 Å². The molecule has 0 saturated carbocycles. The second-order valence-corrected chi connectivity index (χ2v) is 1.86. The molecule has 66 valence electrons. The van der Waals surface area contributed by atoms with E-state index in [9.17, 15) is 4.79 Å². The van der Waals surface area contributed by atoms with E-state index in [1.54, 1.807) is 0 Å². The third-order valence-electron chi connectivity index (χ3n) is 1.02. The van der Waals surface area contributed by atoms with E-state index in [2.05, 4.69) is 10.1 Å². The Bertz CT molecular complexity index is 258. The molecule has 1 N–H and O–H groups in total. The number of aromatic nitrogens is 3. The summed E-state index contributed by atoms with van der Waals surface area (Å²) in [6, 6.07) is 0. The lowest BCUT2D eigenvalue weighted by atomic mass is 10.5. The summed E-state index contributed by atoms with van der Waals surface area (Å²) < 4.78 is 1.53. The number of rotatable bonds is 3. The number of allylic oxidation sites excluding steroid dienone is 1. The lowest BCUT2D eigenvalue weighted by Crippen LogP contribution is -1.96. The van der Waals surface area contributed by atoms with E-state index >= 15 is 0 Å². The Balaban J connectivity index is 0.00000121. The summed E-state index contributed by atoms with van der Waals surface area (Å²) in [6.07, 6.45) is 5.49. The third-order valence-corrected chi connectivity index (χ3v) is 1.02. The van der Waals surface area contributed by atoms with Crippen molar-refractivity contribution in [1.82, 2.24) is 14.8 Å². The first-order valence-electron chi connectivity index (χ1n) is 3.01. The second kappa shape index (κ2) is 5.31.